The van der Waals surface area contributed by atoms with E-state index in [-0.39, 0.29) is 11.8 Å². The Kier molecular flexibility index (Phi) is 6.79. The van der Waals surface area contributed by atoms with E-state index in [9.17, 15) is 14.0 Å². The topological polar surface area (TPSA) is 82.5 Å². The third kappa shape index (κ3) is 5.22. The van der Waals surface area contributed by atoms with Crippen molar-refractivity contribution in [2.45, 2.75) is 26.4 Å². The Bertz CT molecular complexity index is 1050. The first-order valence-corrected chi connectivity index (χ1v) is 9.57. The summed E-state index contributed by atoms with van der Waals surface area (Å²) in [5, 5.41) is 6.93. The summed E-state index contributed by atoms with van der Waals surface area (Å²) in [5.41, 5.74) is 0.592. The minimum Gasteiger partial charge on any atom is -0.494 e. The van der Waals surface area contributed by atoms with Crippen LogP contribution >= 0.6 is 0 Å². The van der Waals surface area contributed by atoms with Crippen molar-refractivity contribution in [1.82, 2.24) is 9.78 Å². The highest BCUT2D eigenvalue weighted by atomic mass is 19.1. The predicted octanol–water partition coefficient (Wildman–Crippen LogP) is 3.57. The number of nitrogens with one attached hydrogen (secondary N) is 1. The number of carbonyl (C=O) groups is 1. The van der Waals surface area contributed by atoms with E-state index in [1.54, 1.807) is 31.2 Å². The van der Waals surface area contributed by atoms with Gasteiger partial charge >= 0.3 is 0 Å². The molecule has 0 fully saturated rings. The highest BCUT2D eigenvalue weighted by molar-refractivity contribution is 5.94. The minimum absolute atomic E-state index is 0.104. The molecule has 0 radical (unpaired) electrons. The molecule has 8 heteroatoms. The average Bonchev–Trinajstić information content (AvgIpc) is 2.75. The van der Waals surface area contributed by atoms with Crippen molar-refractivity contribution in [3.8, 4) is 17.3 Å². The Morgan fingerprint density at radius 2 is 1.77 bits per heavy atom. The molecule has 0 bridgehead atoms. The van der Waals surface area contributed by atoms with Crippen molar-refractivity contribution >= 4 is 11.6 Å². The average molecular weight is 411 g/mol. The molecule has 0 aliphatic rings. The lowest BCUT2D eigenvalue weighted by Crippen LogP contribution is -2.33. The third-order valence-electron chi connectivity index (χ3n) is 4.21. The van der Waals surface area contributed by atoms with Crippen LogP contribution in [0.25, 0.3) is 5.69 Å². The summed E-state index contributed by atoms with van der Waals surface area (Å²) in [5.74, 6) is 0.0536. The second-order valence-electron chi connectivity index (χ2n) is 6.36. The number of hydrogen-bond acceptors (Lipinski definition) is 5. The van der Waals surface area contributed by atoms with Gasteiger partial charge < -0.3 is 14.8 Å². The highest BCUT2D eigenvalue weighted by Crippen LogP contribution is 2.17. The molecule has 0 aliphatic heterocycles. The lowest BCUT2D eigenvalue weighted by molar-refractivity contribution is -0.123. The van der Waals surface area contributed by atoms with Crippen LogP contribution in [0, 0.1) is 5.82 Å². The summed E-state index contributed by atoms with van der Waals surface area (Å²) in [6, 6.07) is 15.0. The number of ether oxygens (including phenoxy) is 2. The fourth-order valence-corrected chi connectivity index (χ4v) is 2.72. The van der Waals surface area contributed by atoms with E-state index in [1.165, 1.54) is 36.4 Å². The number of nitrogens with zero attached hydrogens (tertiary/aromatic N) is 2. The van der Waals surface area contributed by atoms with E-state index < -0.39 is 17.5 Å². The van der Waals surface area contributed by atoms with Gasteiger partial charge in [-0.25, -0.2) is 4.39 Å². The molecule has 156 valence electrons. The maximum Gasteiger partial charge on any atom is 0.271 e. The Morgan fingerprint density at radius 3 is 2.40 bits per heavy atom. The van der Waals surface area contributed by atoms with Gasteiger partial charge in [0.25, 0.3) is 11.5 Å². The van der Waals surface area contributed by atoms with E-state index >= 15 is 0 Å². The molecule has 0 aliphatic carbocycles. The zero-order valence-electron chi connectivity index (χ0n) is 16.7. The maximum atomic E-state index is 13.1. The molecule has 1 N–H and O–H groups in total. The summed E-state index contributed by atoms with van der Waals surface area (Å²) >= 11 is 0. The molecule has 2 aromatic carbocycles. The van der Waals surface area contributed by atoms with Crippen molar-refractivity contribution in [1.29, 1.82) is 0 Å². The number of hydrogen-bond donors (Lipinski definition) is 1. The lowest BCUT2D eigenvalue weighted by Gasteiger charge is -2.17. The molecule has 3 rings (SSSR count). The second-order valence-corrected chi connectivity index (χ2v) is 6.36. The lowest BCUT2D eigenvalue weighted by atomic mass is 10.2. The Labute approximate surface area is 173 Å². The molecule has 0 saturated heterocycles. The molecule has 3 aromatic rings. The fraction of sp³-hybridized carbons (Fsp3) is 0.227. The SMILES string of the molecule is CCOc1ccc(NC(=O)C(CC)Oc2ccc(=O)n(-c3ccc(F)cc3)n2)cc1. The number of rotatable bonds is 8. The van der Waals surface area contributed by atoms with Crippen LogP contribution < -0.4 is 20.3 Å². The van der Waals surface area contributed by atoms with Crippen LogP contribution in [0.3, 0.4) is 0 Å². The van der Waals surface area contributed by atoms with Gasteiger partial charge in [0, 0.05) is 17.8 Å². The van der Waals surface area contributed by atoms with Crippen molar-refractivity contribution in [3.63, 3.8) is 0 Å². The largest absolute Gasteiger partial charge is 0.494 e. The van der Waals surface area contributed by atoms with Crippen LogP contribution in [0.5, 0.6) is 11.6 Å². The summed E-state index contributed by atoms with van der Waals surface area (Å²) in [6.07, 6.45) is -0.427. The maximum absolute atomic E-state index is 13.1. The van der Waals surface area contributed by atoms with Crippen LogP contribution in [-0.2, 0) is 4.79 Å². The second kappa shape index (κ2) is 9.69. The van der Waals surface area contributed by atoms with Crippen LogP contribution in [0.4, 0.5) is 10.1 Å². The van der Waals surface area contributed by atoms with Gasteiger partial charge in [0.1, 0.15) is 11.6 Å². The predicted molar refractivity (Wildman–Crippen MR) is 111 cm³/mol. The molecular formula is C22H22FN3O4. The molecular weight excluding hydrogens is 389 g/mol. The van der Waals surface area contributed by atoms with Gasteiger partial charge in [-0.05, 0) is 61.9 Å². The number of aromatic nitrogens is 2. The Balaban J connectivity index is 1.73. The van der Waals surface area contributed by atoms with Gasteiger partial charge in [0.15, 0.2) is 6.10 Å². The summed E-state index contributed by atoms with van der Waals surface area (Å²) in [4.78, 5) is 24.7. The summed E-state index contributed by atoms with van der Waals surface area (Å²) < 4.78 is 25.3. The van der Waals surface area contributed by atoms with Gasteiger partial charge in [-0.1, -0.05) is 6.92 Å². The number of carbonyl (C=O) groups excluding carboxylic acids is 1. The molecule has 1 unspecified atom stereocenters. The number of halogens is 1. The van der Waals surface area contributed by atoms with E-state index in [0.29, 0.717) is 30.2 Å². The first-order valence-electron chi connectivity index (χ1n) is 9.57. The zero-order chi connectivity index (χ0) is 21.5. The molecule has 0 saturated carbocycles. The van der Waals surface area contributed by atoms with Crippen molar-refractivity contribution < 1.29 is 18.7 Å². The quantitative estimate of drug-likeness (QED) is 0.613. The monoisotopic (exact) mass is 411 g/mol. The van der Waals surface area contributed by atoms with E-state index in [0.717, 1.165) is 4.68 Å². The number of anilines is 1. The Hall–Kier alpha value is -3.68. The van der Waals surface area contributed by atoms with E-state index in [2.05, 4.69) is 10.4 Å². The van der Waals surface area contributed by atoms with Gasteiger partial charge in [0.05, 0.1) is 12.3 Å². The smallest absolute Gasteiger partial charge is 0.271 e. The van der Waals surface area contributed by atoms with Crippen molar-refractivity contribution in [2.24, 2.45) is 0 Å². The first-order chi connectivity index (χ1) is 14.5. The van der Waals surface area contributed by atoms with E-state index in [1.807, 2.05) is 6.92 Å². The van der Waals surface area contributed by atoms with Crippen LogP contribution in [0.15, 0.2) is 65.5 Å². The summed E-state index contributed by atoms with van der Waals surface area (Å²) in [6.45, 7) is 4.26. The zero-order valence-corrected chi connectivity index (χ0v) is 16.7. The van der Waals surface area contributed by atoms with Crippen LogP contribution in [0.1, 0.15) is 20.3 Å². The summed E-state index contributed by atoms with van der Waals surface area (Å²) in [7, 11) is 0. The van der Waals surface area contributed by atoms with E-state index in [4.69, 9.17) is 9.47 Å². The molecule has 1 atom stereocenters. The minimum atomic E-state index is -0.816. The molecule has 30 heavy (non-hydrogen) atoms. The highest BCUT2D eigenvalue weighted by Gasteiger charge is 2.20. The van der Waals surface area contributed by atoms with Gasteiger partial charge in [-0.15, -0.1) is 5.10 Å². The number of benzene rings is 2. The molecule has 1 aromatic heterocycles. The normalized spacial score (nSPS) is 11.6. The Morgan fingerprint density at radius 1 is 1.07 bits per heavy atom. The standard InChI is InChI=1S/C22H22FN3O4/c1-3-19(22(28)24-16-7-11-18(12-8-16)29-4-2)30-20-13-14-21(27)26(25-20)17-9-5-15(23)6-10-17/h5-14,19H,3-4H2,1-2H3,(H,24,28). The molecule has 7 nitrogen and oxygen atoms in total. The molecule has 1 amide bonds. The first kappa shape index (κ1) is 21.0. The number of amides is 1. The van der Waals surface area contributed by atoms with Crippen LogP contribution in [0.2, 0.25) is 0 Å². The fourth-order valence-electron chi connectivity index (χ4n) is 2.72. The van der Waals surface area contributed by atoms with Gasteiger partial charge in [-0.2, -0.15) is 4.68 Å². The van der Waals surface area contributed by atoms with Gasteiger partial charge in [-0.3, -0.25) is 9.59 Å². The van der Waals surface area contributed by atoms with Crippen LogP contribution in [-0.4, -0.2) is 28.4 Å². The van der Waals surface area contributed by atoms with Gasteiger partial charge in [0.2, 0.25) is 5.88 Å². The third-order valence-corrected chi connectivity index (χ3v) is 4.21. The van der Waals surface area contributed by atoms with Crippen molar-refractivity contribution in [2.75, 3.05) is 11.9 Å². The molecule has 1 heterocycles. The molecule has 0 spiro atoms. The van der Waals surface area contributed by atoms with Crippen molar-refractivity contribution in [3.05, 3.63) is 76.8 Å².